The molecule has 1 fully saturated rings. The van der Waals surface area contributed by atoms with Gasteiger partial charge in [0.2, 0.25) is 5.89 Å². The fourth-order valence-electron chi connectivity index (χ4n) is 1.92. The molecule has 0 N–H and O–H groups in total. The number of amides is 1. The Balaban J connectivity index is 1.52. The van der Waals surface area contributed by atoms with Crippen LogP contribution in [-0.2, 0) is 16.1 Å². The molecule has 22 heavy (non-hydrogen) atoms. The molecule has 1 aromatic heterocycles. The molecule has 0 aliphatic carbocycles. The Labute approximate surface area is 130 Å². The Kier molecular flexibility index (Phi) is 4.38. The van der Waals surface area contributed by atoms with Crippen LogP contribution in [0.15, 0.2) is 34.7 Å². The molecule has 114 valence electrons. The molecular formula is C14H13N3O4S. The molecule has 0 bridgehead atoms. The lowest BCUT2D eigenvalue weighted by atomic mass is 10.2. The standard InChI is InChI=1S/C14H13N3O4S/c18-12(8-17-6-7-22-14(17)19)20-9-11-15-16-13(21-11)10-4-2-1-3-5-10/h1-5H,6-9H2. The van der Waals surface area contributed by atoms with E-state index in [4.69, 9.17) is 9.15 Å². The number of ether oxygens (including phenoxy) is 1. The van der Waals surface area contributed by atoms with Crippen molar-refractivity contribution >= 4 is 23.0 Å². The van der Waals surface area contributed by atoms with Crippen LogP contribution < -0.4 is 0 Å². The average molecular weight is 319 g/mol. The first-order valence-electron chi connectivity index (χ1n) is 6.67. The number of carbonyl (C=O) groups excluding carboxylic acids is 2. The van der Waals surface area contributed by atoms with Gasteiger partial charge in [-0.3, -0.25) is 9.59 Å². The highest BCUT2D eigenvalue weighted by atomic mass is 32.2. The smallest absolute Gasteiger partial charge is 0.326 e. The van der Waals surface area contributed by atoms with Crippen molar-refractivity contribution in [3.8, 4) is 11.5 Å². The number of hydrogen-bond donors (Lipinski definition) is 0. The highest BCUT2D eigenvalue weighted by Gasteiger charge is 2.24. The number of nitrogens with zero attached hydrogens (tertiary/aromatic N) is 3. The summed E-state index contributed by atoms with van der Waals surface area (Å²) in [5.41, 5.74) is 0.798. The van der Waals surface area contributed by atoms with Crippen molar-refractivity contribution in [3.63, 3.8) is 0 Å². The summed E-state index contributed by atoms with van der Waals surface area (Å²) in [6, 6.07) is 9.31. The van der Waals surface area contributed by atoms with E-state index < -0.39 is 5.97 Å². The Morgan fingerprint density at radius 2 is 2.14 bits per heavy atom. The Hall–Kier alpha value is -2.35. The second-order valence-electron chi connectivity index (χ2n) is 4.56. The van der Waals surface area contributed by atoms with Crippen molar-refractivity contribution in [1.29, 1.82) is 0 Å². The highest BCUT2D eigenvalue weighted by molar-refractivity contribution is 8.13. The van der Waals surface area contributed by atoms with Crippen LogP contribution in [0.2, 0.25) is 0 Å². The van der Waals surface area contributed by atoms with E-state index in [9.17, 15) is 9.59 Å². The summed E-state index contributed by atoms with van der Waals surface area (Å²) < 4.78 is 10.5. The minimum absolute atomic E-state index is 0.0501. The molecule has 0 atom stereocenters. The average Bonchev–Trinajstić information content (AvgIpc) is 3.16. The lowest BCUT2D eigenvalue weighted by Gasteiger charge is -2.12. The topological polar surface area (TPSA) is 85.5 Å². The van der Waals surface area contributed by atoms with Crippen LogP contribution in [0.1, 0.15) is 5.89 Å². The van der Waals surface area contributed by atoms with Crippen molar-refractivity contribution in [2.75, 3.05) is 18.8 Å². The summed E-state index contributed by atoms with van der Waals surface area (Å²) in [6.45, 7) is 0.413. The van der Waals surface area contributed by atoms with Gasteiger partial charge in [0.25, 0.3) is 11.1 Å². The molecule has 7 nitrogen and oxygen atoms in total. The maximum absolute atomic E-state index is 11.7. The van der Waals surface area contributed by atoms with Crippen LogP contribution >= 0.6 is 11.8 Å². The van der Waals surface area contributed by atoms with Crippen molar-refractivity contribution in [3.05, 3.63) is 36.2 Å². The third-order valence-corrected chi connectivity index (χ3v) is 3.90. The van der Waals surface area contributed by atoms with Gasteiger partial charge in [0.15, 0.2) is 6.61 Å². The van der Waals surface area contributed by atoms with Gasteiger partial charge >= 0.3 is 5.97 Å². The van der Waals surface area contributed by atoms with Crippen LogP contribution in [0.25, 0.3) is 11.5 Å². The summed E-state index contributed by atoms with van der Waals surface area (Å²) in [6.07, 6.45) is 0. The molecule has 1 aliphatic heterocycles. The minimum Gasteiger partial charge on any atom is -0.454 e. The SMILES string of the molecule is O=C(CN1CCSC1=O)OCc1nnc(-c2ccccc2)o1. The first kappa shape index (κ1) is 14.6. The van der Waals surface area contributed by atoms with Crippen molar-refractivity contribution in [2.24, 2.45) is 0 Å². The van der Waals surface area contributed by atoms with E-state index in [1.807, 2.05) is 30.3 Å². The first-order chi connectivity index (χ1) is 10.7. The highest BCUT2D eigenvalue weighted by Crippen LogP contribution is 2.18. The fraction of sp³-hybridized carbons (Fsp3) is 0.286. The first-order valence-corrected chi connectivity index (χ1v) is 7.66. The predicted octanol–water partition coefficient (Wildman–Crippen LogP) is 1.95. The normalized spacial score (nSPS) is 14.4. The molecule has 1 aromatic carbocycles. The van der Waals surface area contributed by atoms with Gasteiger partial charge in [0.1, 0.15) is 6.54 Å². The van der Waals surface area contributed by atoms with Crippen LogP contribution in [0, 0.1) is 0 Å². The number of carbonyl (C=O) groups is 2. The lowest BCUT2D eigenvalue weighted by Crippen LogP contribution is -2.30. The van der Waals surface area contributed by atoms with E-state index in [1.54, 1.807) is 0 Å². The van der Waals surface area contributed by atoms with E-state index in [0.29, 0.717) is 18.2 Å². The Morgan fingerprint density at radius 3 is 2.86 bits per heavy atom. The molecule has 8 heteroatoms. The summed E-state index contributed by atoms with van der Waals surface area (Å²) >= 11 is 1.20. The second-order valence-corrected chi connectivity index (χ2v) is 5.61. The Bertz CT molecular complexity index is 674. The quantitative estimate of drug-likeness (QED) is 0.778. The van der Waals surface area contributed by atoms with Crippen molar-refractivity contribution < 1.29 is 18.7 Å². The summed E-state index contributed by atoms with van der Waals surface area (Å²) in [4.78, 5) is 24.5. The van der Waals surface area contributed by atoms with Gasteiger partial charge in [-0.25, -0.2) is 0 Å². The van der Waals surface area contributed by atoms with Gasteiger partial charge in [-0.05, 0) is 12.1 Å². The molecule has 3 rings (SSSR count). The maximum Gasteiger partial charge on any atom is 0.326 e. The zero-order valence-electron chi connectivity index (χ0n) is 11.6. The van der Waals surface area contributed by atoms with Crippen molar-refractivity contribution in [1.82, 2.24) is 15.1 Å². The molecule has 2 heterocycles. The van der Waals surface area contributed by atoms with Gasteiger partial charge in [0, 0.05) is 17.9 Å². The van der Waals surface area contributed by atoms with Gasteiger partial charge in [-0.1, -0.05) is 30.0 Å². The van der Waals surface area contributed by atoms with E-state index >= 15 is 0 Å². The number of rotatable bonds is 5. The number of aromatic nitrogens is 2. The van der Waals surface area contributed by atoms with Crippen molar-refractivity contribution in [2.45, 2.75) is 6.61 Å². The van der Waals surface area contributed by atoms with Crippen LogP contribution in [-0.4, -0.2) is 45.1 Å². The largest absolute Gasteiger partial charge is 0.454 e. The molecule has 1 aliphatic rings. The Morgan fingerprint density at radius 1 is 1.32 bits per heavy atom. The van der Waals surface area contributed by atoms with E-state index in [1.165, 1.54) is 16.7 Å². The van der Waals surface area contributed by atoms with E-state index in [0.717, 1.165) is 5.56 Å². The maximum atomic E-state index is 11.7. The third kappa shape index (κ3) is 3.45. The zero-order chi connectivity index (χ0) is 15.4. The molecule has 0 unspecified atom stereocenters. The van der Waals surface area contributed by atoms with Gasteiger partial charge in [0.05, 0.1) is 0 Å². The van der Waals surface area contributed by atoms with E-state index in [2.05, 4.69) is 10.2 Å². The number of benzene rings is 1. The lowest BCUT2D eigenvalue weighted by molar-refractivity contribution is -0.146. The molecule has 0 spiro atoms. The number of thioether (sulfide) groups is 1. The van der Waals surface area contributed by atoms with Gasteiger partial charge in [-0.2, -0.15) is 0 Å². The van der Waals surface area contributed by atoms with E-state index in [-0.39, 0.29) is 24.3 Å². The summed E-state index contributed by atoms with van der Waals surface area (Å²) in [5.74, 6) is 0.804. The predicted molar refractivity (Wildman–Crippen MR) is 79.0 cm³/mol. The van der Waals surface area contributed by atoms with Gasteiger partial charge in [-0.15, -0.1) is 10.2 Å². The number of hydrogen-bond acceptors (Lipinski definition) is 7. The molecule has 2 aromatic rings. The second kappa shape index (κ2) is 6.61. The van der Waals surface area contributed by atoms with Crippen LogP contribution in [0.4, 0.5) is 4.79 Å². The molecular weight excluding hydrogens is 306 g/mol. The van der Waals surface area contributed by atoms with Crippen LogP contribution in [0.5, 0.6) is 0 Å². The minimum atomic E-state index is -0.490. The zero-order valence-corrected chi connectivity index (χ0v) is 12.4. The summed E-state index contributed by atoms with van der Waals surface area (Å²) in [5, 5.41) is 7.64. The number of esters is 1. The summed E-state index contributed by atoms with van der Waals surface area (Å²) in [7, 11) is 0. The molecule has 0 saturated carbocycles. The fourth-order valence-corrected chi connectivity index (χ4v) is 2.75. The third-order valence-electron chi connectivity index (χ3n) is 3.01. The molecule has 0 radical (unpaired) electrons. The molecule has 1 saturated heterocycles. The van der Waals surface area contributed by atoms with Gasteiger partial charge < -0.3 is 14.1 Å². The van der Waals surface area contributed by atoms with Crippen LogP contribution in [0.3, 0.4) is 0 Å². The molecule has 1 amide bonds. The monoisotopic (exact) mass is 319 g/mol.